The van der Waals surface area contributed by atoms with Gasteiger partial charge in [0.05, 0.1) is 5.52 Å². The maximum absolute atomic E-state index is 13.1. The second-order valence-corrected chi connectivity index (χ2v) is 4.22. The van der Waals surface area contributed by atoms with Crippen molar-refractivity contribution in [2.45, 2.75) is 13.8 Å². The highest BCUT2D eigenvalue weighted by atomic mass is 79.9. The van der Waals surface area contributed by atoms with E-state index in [1.54, 1.807) is 0 Å². The quantitative estimate of drug-likeness (QED) is 0.697. The van der Waals surface area contributed by atoms with E-state index in [2.05, 4.69) is 20.9 Å². The lowest BCUT2D eigenvalue weighted by atomic mass is 10.1. The van der Waals surface area contributed by atoms with Crippen LogP contribution in [0, 0.1) is 19.7 Å². The molecule has 0 unspecified atom stereocenters. The van der Waals surface area contributed by atoms with E-state index < -0.39 is 0 Å². The van der Waals surface area contributed by atoms with E-state index in [1.165, 1.54) is 12.1 Å². The summed E-state index contributed by atoms with van der Waals surface area (Å²) in [5, 5.41) is 0.827. The number of hydrogen-bond acceptors (Lipinski definition) is 1. The number of benzene rings is 1. The molecular weight excluding hydrogens is 245 g/mol. The van der Waals surface area contributed by atoms with Crippen molar-refractivity contribution in [3.05, 3.63) is 39.7 Å². The SMILES string of the molecule is Cc1cc(Br)c2cc(F)cc(C)c2n1. The highest BCUT2D eigenvalue weighted by Crippen LogP contribution is 2.26. The average Bonchev–Trinajstić information content (AvgIpc) is 2.07. The van der Waals surface area contributed by atoms with Crippen LogP contribution in [0.25, 0.3) is 10.9 Å². The van der Waals surface area contributed by atoms with Gasteiger partial charge in [0, 0.05) is 15.6 Å². The standard InChI is InChI=1S/C11H9BrFN/c1-6-3-8(13)5-9-10(12)4-7(2)14-11(6)9/h3-5H,1-2H3. The van der Waals surface area contributed by atoms with Crippen LogP contribution in [-0.2, 0) is 0 Å². The third-order valence-electron chi connectivity index (χ3n) is 2.15. The number of aryl methyl sites for hydroxylation is 2. The zero-order valence-electron chi connectivity index (χ0n) is 7.94. The van der Waals surface area contributed by atoms with E-state index in [-0.39, 0.29) is 5.82 Å². The first-order chi connectivity index (χ1) is 6.58. The molecule has 2 aromatic rings. The van der Waals surface area contributed by atoms with Crippen molar-refractivity contribution in [1.82, 2.24) is 4.98 Å². The van der Waals surface area contributed by atoms with Gasteiger partial charge in [-0.3, -0.25) is 4.98 Å². The molecule has 0 aliphatic heterocycles. The highest BCUT2D eigenvalue weighted by Gasteiger charge is 2.06. The first-order valence-corrected chi connectivity index (χ1v) is 5.10. The predicted molar refractivity (Wildman–Crippen MR) is 58.9 cm³/mol. The highest BCUT2D eigenvalue weighted by molar-refractivity contribution is 9.10. The van der Waals surface area contributed by atoms with Crippen molar-refractivity contribution in [2.24, 2.45) is 0 Å². The number of pyridine rings is 1. The first-order valence-electron chi connectivity index (χ1n) is 4.31. The second kappa shape index (κ2) is 3.31. The Morgan fingerprint density at radius 2 is 1.93 bits per heavy atom. The first kappa shape index (κ1) is 9.59. The summed E-state index contributed by atoms with van der Waals surface area (Å²) in [5.41, 5.74) is 2.65. The predicted octanol–water partition coefficient (Wildman–Crippen LogP) is 3.75. The van der Waals surface area contributed by atoms with Crippen LogP contribution < -0.4 is 0 Å². The molecule has 0 N–H and O–H groups in total. The molecule has 0 atom stereocenters. The van der Waals surface area contributed by atoms with E-state index in [4.69, 9.17) is 0 Å². The molecule has 2 rings (SSSR count). The number of nitrogens with zero attached hydrogens (tertiary/aromatic N) is 1. The number of fused-ring (bicyclic) bond motifs is 1. The summed E-state index contributed by atoms with van der Waals surface area (Å²) < 4.78 is 14.0. The molecule has 0 fully saturated rings. The number of hydrogen-bond donors (Lipinski definition) is 0. The molecule has 0 bridgehead atoms. The molecule has 1 aromatic carbocycles. The van der Waals surface area contributed by atoms with Crippen LogP contribution in [-0.4, -0.2) is 4.98 Å². The maximum atomic E-state index is 13.1. The Bertz CT molecular complexity index is 461. The van der Waals surface area contributed by atoms with Crippen LogP contribution in [0.1, 0.15) is 11.3 Å². The van der Waals surface area contributed by atoms with Crippen LogP contribution in [0.15, 0.2) is 22.7 Å². The van der Waals surface area contributed by atoms with Crippen molar-refractivity contribution in [2.75, 3.05) is 0 Å². The minimum Gasteiger partial charge on any atom is -0.253 e. The smallest absolute Gasteiger partial charge is 0.124 e. The monoisotopic (exact) mass is 253 g/mol. The van der Waals surface area contributed by atoms with Gasteiger partial charge in [-0.05, 0) is 37.6 Å². The topological polar surface area (TPSA) is 12.9 Å². The Morgan fingerprint density at radius 1 is 1.21 bits per heavy atom. The van der Waals surface area contributed by atoms with E-state index >= 15 is 0 Å². The van der Waals surface area contributed by atoms with Gasteiger partial charge >= 0.3 is 0 Å². The molecule has 0 radical (unpaired) electrons. The lowest BCUT2D eigenvalue weighted by Crippen LogP contribution is -1.89. The second-order valence-electron chi connectivity index (χ2n) is 3.36. The molecule has 14 heavy (non-hydrogen) atoms. The molecule has 0 aliphatic carbocycles. The van der Waals surface area contributed by atoms with Gasteiger partial charge in [0.15, 0.2) is 0 Å². The molecule has 1 aromatic heterocycles. The van der Waals surface area contributed by atoms with Crippen molar-refractivity contribution in [1.29, 1.82) is 0 Å². The lowest BCUT2D eigenvalue weighted by molar-refractivity contribution is 0.628. The van der Waals surface area contributed by atoms with E-state index in [1.807, 2.05) is 19.9 Å². The number of halogens is 2. The van der Waals surface area contributed by atoms with Crippen molar-refractivity contribution < 1.29 is 4.39 Å². The van der Waals surface area contributed by atoms with Crippen LogP contribution >= 0.6 is 15.9 Å². The third kappa shape index (κ3) is 1.52. The molecule has 0 amide bonds. The minimum atomic E-state index is -0.221. The van der Waals surface area contributed by atoms with Crippen LogP contribution in [0.5, 0.6) is 0 Å². The maximum Gasteiger partial charge on any atom is 0.124 e. The fourth-order valence-corrected chi connectivity index (χ4v) is 2.17. The summed E-state index contributed by atoms with van der Waals surface area (Å²) in [4.78, 5) is 4.38. The normalized spacial score (nSPS) is 10.9. The summed E-state index contributed by atoms with van der Waals surface area (Å²) in [7, 11) is 0. The fourth-order valence-electron chi connectivity index (χ4n) is 1.54. The van der Waals surface area contributed by atoms with E-state index in [0.29, 0.717) is 0 Å². The Balaban J connectivity index is 2.94. The fraction of sp³-hybridized carbons (Fsp3) is 0.182. The molecule has 0 saturated carbocycles. The van der Waals surface area contributed by atoms with Gasteiger partial charge in [-0.15, -0.1) is 0 Å². The Morgan fingerprint density at radius 3 is 2.64 bits per heavy atom. The van der Waals surface area contributed by atoms with Gasteiger partial charge in [-0.25, -0.2) is 4.39 Å². The summed E-state index contributed by atoms with van der Waals surface area (Å²) >= 11 is 3.41. The Labute approximate surface area is 90.1 Å². The lowest BCUT2D eigenvalue weighted by Gasteiger charge is -2.05. The van der Waals surface area contributed by atoms with Crippen molar-refractivity contribution in [3.8, 4) is 0 Å². The number of rotatable bonds is 0. The van der Waals surface area contributed by atoms with Crippen molar-refractivity contribution in [3.63, 3.8) is 0 Å². The summed E-state index contributed by atoms with van der Waals surface area (Å²) in [6.45, 7) is 3.79. The van der Waals surface area contributed by atoms with Gasteiger partial charge in [-0.2, -0.15) is 0 Å². The van der Waals surface area contributed by atoms with Crippen LogP contribution in [0.3, 0.4) is 0 Å². The molecule has 1 heterocycles. The van der Waals surface area contributed by atoms with Crippen LogP contribution in [0.2, 0.25) is 0 Å². The summed E-state index contributed by atoms with van der Waals surface area (Å²) in [5.74, 6) is -0.221. The van der Waals surface area contributed by atoms with Crippen LogP contribution in [0.4, 0.5) is 4.39 Å². The molecule has 0 aliphatic rings. The zero-order chi connectivity index (χ0) is 10.3. The summed E-state index contributed by atoms with van der Waals surface area (Å²) in [6.07, 6.45) is 0. The molecule has 3 heteroatoms. The molecular formula is C11H9BrFN. The largest absolute Gasteiger partial charge is 0.253 e. The van der Waals surface area contributed by atoms with E-state index in [0.717, 1.165) is 26.6 Å². The van der Waals surface area contributed by atoms with Gasteiger partial charge in [0.2, 0.25) is 0 Å². The molecule has 0 saturated heterocycles. The van der Waals surface area contributed by atoms with Crippen molar-refractivity contribution >= 4 is 26.8 Å². The molecule has 72 valence electrons. The van der Waals surface area contributed by atoms with Gasteiger partial charge in [0.25, 0.3) is 0 Å². The molecule has 0 spiro atoms. The van der Waals surface area contributed by atoms with Gasteiger partial charge in [-0.1, -0.05) is 15.9 Å². The minimum absolute atomic E-state index is 0.221. The molecule has 1 nitrogen and oxygen atoms in total. The Kier molecular flexibility index (Phi) is 2.27. The Hall–Kier alpha value is -0.960. The van der Waals surface area contributed by atoms with Gasteiger partial charge in [0.1, 0.15) is 5.82 Å². The number of aromatic nitrogens is 1. The van der Waals surface area contributed by atoms with E-state index in [9.17, 15) is 4.39 Å². The third-order valence-corrected chi connectivity index (χ3v) is 2.80. The summed E-state index contributed by atoms with van der Waals surface area (Å²) in [6, 6.07) is 4.89. The average molecular weight is 254 g/mol. The van der Waals surface area contributed by atoms with Gasteiger partial charge < -0.3 is 0 Å². The zero-order valence-corrected chi connectivity index (χ0v) is 9.52.